The minimum absolute atomic E-state index is 0.116. The topological polar surface area (TPSA) is 71.3 Å². The molecule has 2 aromatic rings. The first-order valence-corrected chi connectivity index (χ1v) is 15.8. The summed E-state index contributed by atoms with van der Waals surface area (Å²) in [5.41, 5.74) is 0.167. The normalized spacial score (nSPS) is 21.6. The van der Waals surface area contributed by atoms with Crippen molar-refractivity contribution >= 4 is 28.8 Å². The average molecular weight is 611 g/mol. The third kappa shape index (κ3) is 7.11. The lowest BCUT2D eigenvalue weighted by Gasteiger charge is -2.44. The van der Waals surface area contributed by atoms with Crippen LogP contribution in [0.2, 0.25) is 0 Å². The SMILES string of the molecule is [C-]#[N+]c1ccc(N2CCC(C(=O)Nc3ccc(N4CCC(CN5CCN(C6CNC6)CC5)CC4)cn3)CC2)cc1C(F)(F)F. The van der Waals surface area contributed by atoms with Gasteiger partial charge in [0.05, 0.1) is 24.0 Å². The molecule has 0 radical (unpaired) electrons. The van der Waals surface area contributed by atoms with Crippen LogP contribution in [0.1, 0.15) is 31.2 Å². The number of pyridine rings is 1. The standard InChI is InChI=1S/C32H41F3N8O/c1-36-29-4-2-25(18-28(29)32(33,34)35)41-12-8-24(9-13-41)31(44)39-30-5-3-26(21-38-30)42-10-6-23(7-11-42)22-40-14-16-43(17-15-40)27-19-37-20-27/h2-5,18,21,23-24,27,37H,6-17,19-20,22H2,(H,38,39,44). The first-order chi connectivity index (χ1) is 21.3. The van der Waals surface area contributed by atoms with Crippen molar-refractivity contribution in [3.8, 4) is 0 Å². The van der Waals surface area contributed by atoms with Gasteiger partial charge in [-0.25, -0.2) is 9.83 Å². The van der Waals surface area contributed by atoms with E-state index in [2.05, 4.69) is 35.2 Å². The molecular weight excluding hydrogens is 569 g/mol. The van der Waals surface area contributed by atoms with Crippen LogP contribution in [0.5, 0.6) is 0 Å². The smallest absolute Gasteiger partial charge is 0.372 e. The molecule has 9 nitrogen and oxygen atoms in total. The number of alkyl halides is 3. The van der Waals surface area contributed by atoms with Crippen LogP contribution in [0.4, 0.5) is 36.1 Å². The molecule has 44 heavy (non-hydrogen) atoms. The highest BCUT2D eigenvalue weighted by Crippen LogP contribution is 2.39. The number of halogens is 3. The number of benzene rings is 1. The highest BCUT2D eigenvalue weighted by Gasteiger charge is 2.35. The van der Waals surface area contributed by atoms with E-state index in [9.17, 15) is 18.0 Å². The molecule has 6 rings (SSSR count). The molecule has 12 heteroatoms. The van der Waals surface area contributed by atoms with Gasteiger partial charge in [-0.3, -0.25) is 9.69 Å². The van der Waals surface area contributed by atoms with Crippen LogP contribution in [-0.4, -0.2) is 98.7 Å². The van der Waals surface area contributed by atoms with Crippen molar-refractivity contribution in [3.63, 3.8) is 0 Å². The van der Waals surface area contributed by atoms with Crippen LogP contribution in [0.3, 0.4) is 0 Å². The lowest BCUT2D eigenvalue weighted by atomic mass is 9.95. The minimum atomic E-state index is -4.59. The third-order valence-electron chi connectivity index (χ3n) is 9.82. The Labute approximate surface area is 257 Å². The Kier molecular flexibility index (Phi) is 9.26. The lowest BCUT2D eigenvalue weighted by molar-refractivity contribution is -0.136. The molecule has 4 fully saturated rings. The first kappa shape index (κ1) is 30.6. The van der Waals surface area contributed by atoms with E-state index < -0.39 is 17.4 Å². The van der Waals surface area contributed by atoms with E-state index in [1.807, 2.05) is 23.2 Å². The first-order valence-electron chi connectivity index (χ1n) is 15.8. The van der Waals surface area contributed by atoms with Gasteiger partial charge in [0.2, 0.25) is 5.91 Å². The highest BCUT2D eigenvalue weighted by molar-refractivity contribution is 5.92. The summed E-state index contributed by atoms with van der Waals surface area (Å²) in [5.74, 6) is 0.883. The fourth-order valence-corrected chi connectivity index (χ4v) is 6.90. The molecule has 5 heterocycles. The van der Waals surface area contributed by atoms with Gasteiger partial charge >= 0.3 is 6.18 Å². The fourth-order valence-electron chi connectivity index (χ4n) is 6.90. The van der Waals surface area contributed by atoms with Crippen molar-refractivity contribution in [2.45, 2.75) is 37.9 Å². The highest BCUT2D eigenvalue weighted by atomic mass is 19.4. The predicted octanol–water partition coefficient (Wildman–Crippen LogP) is 4.31. The van der Waals surface area contributed by atoms with Crippen LogP contribution in [0.25, 0.3) is 4.85 Å². The molecule has 1 aromatic heterocycles. The van der Waals surface area contributed by atoms with E-state index in [4.69, 9.17) is 6.57 Å². The van der Waals surface area contributed by atoms with Crippen LogP contribution in [-0.2, 0) is 11.0 Å². The number of rotatable bonds is 7. The van der Waals surface area contributed by atoms with Crippen LogP contribution < -0.4 is 20.4 Å². The number of hydrogen-bond donors (Lipinski definition) is 2. The van der Waals surface area contributed by atoms with Crippen LogP contribution in [0.15, 0.2) is 36.5 Å². The molecule has 0 aliphatic carbocycles. The van der Waals surface area contributed by atoms with Gasteiger partial charge in [-0.05, 0) is 55.9 Å². The van der Waals surface area contributed by atoms with Gasteiger partial charge in [-0.1, -0.05) is 6.07 Å². The molecule has 0 saturated carbocycles. The molecule has 4 aliphatic heterocycles. The number of carbonyl (C=O) groups excluding carboxylic acids is 1. The molecule has 1 amide bonds. The Morgan fingerprint density at radius 2 is 1.59 bits per heavy atom. The fraction of sp³-hybridized carbons (Fsp3) is 0.594. The number of aromatic nitrogens is 1. The van der Waals surface area contributed by atoms with E-state index >= 15 is 0 Å². The molecular formula is C32H41F3N8O. The maximum Gasteiger partial charge on any atom is 0.407 e. The number of carbonyl (C=O) groups is 1. The number of piperidine rings is 2. The largest absolute Gasteiger partial charge is 0.407 e. The molecule has 0 bridgehead atoms. The summed E-state index contributed by atoms with van der Waals surface area (Å²) in [4.78, 5) is 30.0. The second-order valence-electron chi connectivity index (χ2n) is 12.5. The molecule has 1 aromatic carbocycles. The van der Waals surface area contributed by atoms with Crippen molar-refractivity contribution < 1.29 is 18.0 Å². The summed E-state index contributed by atoms with van der Waals surface area (Å²) >= 11 is 0. The Morgan fingerprint density at radius 3 is 2.18 bits per heavy atom. The molecule has 0 atom stereocenters. The van der Waals surface area contributed by atoms with E-state index in [-0.39, 0.29) is 11.8 Å². The molecule has 0 spiro atoms. The quantitative estimate of drug-likeness (QED) is 0.453. The van der Waals surface area contributed by atoms with E-state index in [1.54, 1.807) is 6.07 Å². The Bertz CT molecular complexity index is 1320. The van der Waals surface area contributed by atoms with Crippen LogP contribution >= 0.6 is 0 Å². The number of hydrogen-bond acceptors (Lipinski definition) is 7. The van der Waals surface area contributed by atoms with E-state index in [0.717, 1.165) is 49.9 Å². The number of nitrogens with one attached hydrogen (secondary N) is 2. The van der Waals surface area contributed by atoms with E-state index in [0.29, 0.717) is 37.4 Å². The van der Waals surface area contributed by atoms with Crippen molar-refractivity contribution in [2.75, 3.05) is 87.1 Å². The zero-order chi connectivity index (χ0) is 30.7. The van der Waals surface area contributed by atoms with Crippen molar-refractivity contribution in [1.29, 1.82) is 0 Å². The minimum Gasteiger partial charge on any atom is -0.372 e. The number of amides is 1. The summed E-state index contributed by atoms with van der Waals surface area (Å²) in [6.07, 6.45) is 0.640. The van der Waals surface area contributed by atoms with Gasteiger partial charge in [-0.2, -0.15) is 13.2 Å². The summed E-state index contributed by atoms with van der Waals surface area (Å²) in [5, 5.41) is 6.30. The predicted molar refractivity (Wildman–Crippen MR) is 165 cm³/mol. The number of anilines is 3. The second kappa shape index (κ2) is 13.3. The zero-order valence-electron chi connectivity index (χ0n) is 25.0. The summed E-state index contributed by atoms with van der Waals surface area (Å²) in [7, 11) is 0. The summed E-state index contributed by atoms with van der Waals surface area (Å²) in [6, 6.07) is 8.42. The third-order valence-corrected chi connectivity index (χ3v) is 9.82. The Balaban J connectivity index is 0.930. The number of nitrogens with zero attached hydrogens (tertiary/aromatic N) is 6. The molecule has 4 aliphatic rings. The van der Waals surface area contributed by atoms with E-state index in [1.165, 1.54) is 51.6 Å². The summed E-state index contributed by atoms with van der Waals surface area (Å²) < 4.78 is 40.2. The maximum atomic E-state index is 13.4. The van der Waals surface area contributed by atoms with Crippen molar-refractivity contribution in [1.82, 2.24) is 20.1 Å². The zero-order valence-corrected chi connectivity index (χ0v) is 25.0. The number of piperazine rings is 1. The molecule has 236 valence electrons. The summed E-state index contributed by atoms with van der Waals surface area (Å²) in [6.45, 7) is 18.2. The second-order valence-corrected chi connectivity index (χ2v) is 12.5. The van der Waals surface area contributed by atoms with Gasteiger partial charge < -0.3 is 25.3 Å². The molecule has 0 unspecified atom stereocenters. The average Bonchev–Trinajstić information content (AvgIpc) is 3.01. The van der Waals surface area contributed by atoms with Gasteiger partial charge in [0.1, 0.15) is 5.82 Å². The molecule has 4 saturated heterocycles. The van der Waals surface area contributed by atoms with Gasteiger partial charge in [-0.15, -0.1) is 0 Å². The maximum absolute atomic E-state index is 13.4. The van der Waals surface area contributed by atoms with Crippen molar-refractivity contribution in [3.05, 3.63) is 53.5 Å². The van der Waals surface area contributed by atoms with Gasteiger partial charge in [0.15, 0.2) is 5.69 Å². The molecule has 2 N–H and O–H groups in total. The van der Waals surface area contributed by atoms with Gasteiger partial charge in [0.25, 0.3) is 0 Å². The Morgan fingerprint density at radius 1 is 0.932 bits per heavy atom. The monoisotopic (exact) mass is 610 g/mol. The Hall–Kier alpha value is -3.40. The van der Waals surface area contributed by atoms with Crippen LogP contribution in [0, 0.1) is 18.4 Å². The van der Waals surface area contributed by atoms with Gasteiger partial charge in [0, 0.05) is 89.6 Å². The van der Waals surface area contributed by atoms with Crippen molar-refractivity contribution in [2.24, 2.45) is 11.8 Å². The lowest BCUT2D eigenvalue weighted by Crippen LogP contribution is -2.61.